The average Bonchev–Trinajstić information content (AvgIpc) is 2.51. The minimum absolute atomic E-state index is 0.215. The Hall–Kier alpha value is -2.56. The fourth-order valence-electron chi connectivity index (χ4n) is 2.18. The molecule has 1 aliphatic heterocycles. The molecule has 0 spiro atoms. The molecule has 0 radical (unpaired) electrons. The van der Waals surface area contributed by atoms with Gasteiger partial charge in [0.2, 0.25) is 0 Å². The molecule has 0 amide bonds. The Labute approximate surface area is 121 Å². The van der Waals surface area contributed by atoms with Crippen LogP contribution >= 0.6 is 0 Å². The van der Waals surface area contributed by atoms with Gasteiger partial charge in [-0.05, 0) is 37.3 Å². The molecule has 0 aliphatic carbocycles. The minimum atomic E-state index is -0.490. The van der Waals surface area contributed by atoms with E-state index in [1.54, 1.807) is 25.1 Å². The van der Waals surface area contributed by atoms with Gasteiger partial charge < -0.3 is 15.2 Å². The van der Waals surface area contributed by atoms with Gasteiger partial charge in [-0.25, -0.2) is 4.39 Å². The molecule has 0 aromatic heterocycles. The van der Waals surface area contributed by atoms with Crippen molar-refractivity contribution < 1.29 is 18.7 Å². The van der Waals surface area contributed by atoms with Crippen LogP contribution in [-0.2, 0) is 0 Å². The van der Waals surface area contributed by atoms with Gasteiger partial charge in [-0.2, -0.15) is 0 Å². The molecule has 0 fully saturated rings. The van der Waals surface area contributed by atoms with Crippen LogP contribution in [0.15, 0.2) is 30.3 Å². The second-order valence-electron chi connectivity index (χ2n) is 4.86. The molecule has 0 bridgehead atoms. The Morgan fingerprint density at radius 1 is 1.10 bits per heavy atom. The van der Waals surface area contributed by atoms with E-state index in [-0.39, 0.29) is 17.0 Å². The second kappa shape index (κ2) is 5.09. The highest BCUT2D eigenvalue weighted by Crippen LogP contribution is 2.31. The molecule has 2 aromatic carbocycles. The Morgan fingerprint density at radius 3 is 2.52 bits per heavy atom. The maximum absolute atomic E-state index is 13.7. The van der Waals surface area contributed by atoms with Crippen molar-refractivity contribution in [2.75, 3.05) is 18.9 Å². The number of fused-ring (bicyclic) bond motifs is 1. The molecule has 0 saturated carbocycles. The highest BCUT2D eigenvalue weighted by molar-refractivity contribution is 6.09. The number of halogens is 1. The number of nitrogen functional groups attached to an aromatic ring is 1. The minimum Gasteiger partial charge on any atom is -0.486 e. The Balaban J connectivity index is 1.99. The van der Waals surface area contributed by atoms with Gasteiger partial charge in [-0.15, -0.1) is 0 Å². The molecule has 1 heterocycles. The normalized spacial score (nSPS) is 13.0. The number of ether oxygens (including phenoxy) is 2. The average molecular weight is 287 g/mol. The van der Waals surface area contributed by atoms with Gasteiger partial charge in [0.25, 0.3) is 0 Å². The number of carbonyl (C=O) groups excluding carboxylic acids is 1. The molecule has 108 valence electrons. The molecule has 21 heavy (non-hydrogen) atoms. The molecule has 2 aromatic rings. The molecule has 1 aliphatic rings. The summed E-state index contributed by atoms with van der Waals surface area (Å²) in [5.74, 6) is 0.327. The summed E-state index contributed by atoms with van der Waals surface area (Å²) in [6, 6.07) is 7.59. The summed E-state index contributed by atoms with van der Waals surface area (Å²) in [7, 11) is 0. The van der Waals surface area contributed by atoms with Crippen LogP contribution in [0.25, 0.3) is 0 Å². The number of hydrogen-bond acceptors (Lipinski definition) is 4. The van der Waals surface area contributed by atoms with E-state index in [1.807, 2.05) is 0 Å². The van der Waals surface area contributed by atoms with E-state index in [0.29, 0.717) is 35.8 Å². The molecule has 5 heteroatoms. The Kier molecular flexibility index (Phi) is 3.25. The van der Waals surface area contributed by atoms with Crippen LogP contribution in [-0.4, -0.2) is 19.0 Å². The van der Waals surface area contributed by atoms with Gasteiger partial charge in [0.05, 0.1) is 0 Å². The predicted octanol–water partition coefficient (Wildman–Crippen LogP) is 2.72. The van der Waals surface area contributed by atoms with Crippen molar-refractivity contribution in [1.29, 1.82) is 0 Å². The van der Waals surface area contributed by atoms with E-state index in [4.69, 9.17) is 15.2 Å². The first-order valence-electron chi connectivity index (χ1n) is 6.56. The molecule has 4 nitrogen and oxygen atoms in total. The summed E-state index contributed by atoms with van der Waals surface area (Å²) < 4.78 is 24.6. The SMILES string of the molecule is Cc1c(N)cc(C(=O)c2ccc3c(c2)OCCO3)cc1F. The third-order valence-corrected chi connectivity index (χ3v) is 3.45. The second-order valence-corrected chi connectivity index (χ2v) is 4.86. The maximum Gasteiger partial charge on any atom is 0.193 e. The van der Waals surface area contributed by atoms with Gasteiger partial charge >= 0.3 is 0 Å². The van der Waals surface area contributed by atoms with Crippen molar-refractivity contribution in [3.63, 3.8) is 0 Å². The first-order chi connectivity index (χ1) is 10.1. The van der Waals surface area contributed by atoms with Crippen LogP contribution < -0.4 is 15.2 Å². The number of carbonyl (C=O) groups is 1. The maximum atomic E-state index is 13.7. The van der Waals surface area contributed by atoms with Crippen LogP contribution in [0.1, 0.15) is 21.5 Å². The van der Waals surface area contributed by atoms with Gasteiger partial charge in [-0.3, -0.25) is 4.79 Å². The zero-order chi connectivity index (χ0) is 15.0. The van der Waals surface area contributed by atoms with Crippen LogP contribution in [0.4, 0.5) is 10.1 Å². The molecule has 3 rings (SSSR count). The van der Waals surface area contributed by atoms with Crippen molar-refractivity contribution in [3.05, 3.63) is 52.8 Å². The van der Waals surface area contributed by atoms with Crippen LogP contribution in [0.2, 0.25) is 0 Å². The molecule has 2 N–H and O–H groups in total. The highest BCUT2D eigenvalue weighted by atomic mass is 19.1. The highest BCUT2D eigenvalue weighted by Gasteiger charge is 2.17. The molecule has 0 atom stereocenters. The zero-order valence-corrected chi connectivity index (χ0v) is 11.5. The van der Waals surface area contributed by atoms with E-state index >= 15 is 0 Å². The summed E-state index contributed by atoms with van der Waals surface area (Å²) >= 11 is 0. The third-order valence-electron chi connectivity index (χ3n) is 3.45. The van der Waals surface area contributed by atoms with E-state index in [9.17, 15) is 9.18 Å². The standard InChI is InChI=1S/C16H14FNO3/c1-9-12(17)6-11(7-13(9)18)16(19)10-2-3-14-15(8-10)21-5-4-20-14/h2-3,6-8H,4-5,18H2,1H3. The van der Waals surface area contributed by atoms with Crippen molar-refractivity contribution >= 4 is 11.5 Å². The molecular formula is C16H14FNO3. The zero-order valence-electron chi connectivity index (χ0n) is 11.5. The fraction of sp³-hybridized carbons (Fsp3) is 0.188. The lowest BCUT2D eigenvalue weighted by Crippen LogP contribution is -2.16. The number of hydrogen-bond donors (Lipinski definition) is 1. The smallest absolute Gasteiger partial charge is 0.193 e. The quantitative estimate of drug-likeness (QED) is 0.681. The summed E-state index contributed by atoms with van der Waals surface area (Å²) in [5.41, 5.74) is 6.93. The van der Waals surface area contributed by atoms with Crippen molar-refractivity contribution in [2.45, 2.75) is 6.92 Å². The lowest BCUT2D eigenvalue weighted by molar-refractivity contribution is 0.103. The summed E-state index contributed by atoms with van der Waals surface area (Å²) in [6.45, 7) is 2.50. The largest absolute Gasteiger partial charge is 0.486 e. The van der Waals surface area contributed by atoms with E-state index < -0.39 is 5.82 Å². The van der Waals surface area contributed by atoms with Crippen LogP contribution in [0, 0.1) is 12.7 Å². The van der Waals surface area contributed by atoms with Gasteiger partial charge in [0, 0.05) is 22.4 Å². The number of nitrogens with two attached hydrogens (primary N) is 1. The van der Waals surface area contributed by atoms with Crippen molar-refractivity contribution in [3.8, 4) is 11.5 Å². The number of rotatable bonds is 2. The van der Waals surface area contributed by atoms with Gasteiger partial charge in [0.1, 0.15) is 19.0 Å². The first-order valence-corrected chi connectivity index (χ1v) is 6.56. The lowest BCUT2D eigenvalue weighted by atomic mass is 10.0. The van der Waals surface area contributed by atoms with Gasteiger partial charge in [0.15, 0.2) is 17.3 Å². The van der Waals surface area contributed by atoms with E-state index in [2.05, 4.69) is 0 Å². The first kappa shape index (κ1) is 13.4. The number of ketones is 1. The summed E-state index contributed by atoms with van der Waals surface area (Å²) in [5, 5.41) is 0. The van der Waals surface area contributed by atoms with Gasteiger partial charge in [-0.1, -0.05) is 0 Å². The molecule has 0 saturated heterocycles. The summed E-state index contributed by atoms with van der Waals surface area (Å²) in [4.78, 5) is 12.4. The Bertz CT molecular complexity index is 704. The lowest BCUT2D eigenvalue weighted by Gasteiger charge is -2.18. The summed E-state index contributed by atoms with van der Waals surface area (Å²) in [6.07, 6.45) is 0. The third kappa shape index (κ3) is 2.42. The molecule has 0 unspecified atom stereocenters. The number of anilines is 1. The van der Waals surface area contributed by atoms with Crippen LogP contribution in [0.3, 0.4) is 0 Å². The number of benzene rings is 2. The van der Waals surface area contributed by atoms with Crippen LogP contribution in [0.5, 0.6) is 11.5 Å². The Morgan fingerprint density at radius 2 is 1.81 bits per heavy atom. The van der Waals surface area contributed by atoms with E-state index in [0.717, 1.165) is 0 Å². The predicted molar refractivity (Wildman–Crippen MR) is 76.4 cm³/mol. The van der Waals surface area contributed by atoms with Crippen molar-refractivity contribution in [1.82, 2.24) is 0 Å². The van der Waals surface area contributed by atoms with Crippen molar-refractivity contribution in [2.24, 2.45) is 0 Å². The fourth-order valence-corrected chi connectivity index (χ4v) is 2.18. The van der Waals surface area contributed by atoms with E-state index in [1.165, 1.54) is 12.1 Å². The monoisotopic (exact) mass is 287 g/mol. The molecular weight excluding hydrogens is 273 g/mol. The topological polar surface area (TPSA) is 61.6 Å².